The lowest BCUT2D eigenvalue weighted by Crippen LogP contribution is -2.54. The van der Waals surface area contributed by atoms with Gasteiger partial charge >= 0.3 is 0 Å². The second kappa shape index (κ2) is 5.84. The summed E-state index contributed by atoms with van der Waals surface area (Å²) in [5, 5.41) is 3.12. The standard InChI is InChI=1S/C16H23N3O2/c1-2-21-14-5-3-4-13(16(14)17)19-9-8-12-11(10-19)6-7-15(20)18-12/h3-5,11-12H,2,6-10,17H2,1H3,(H,18,20). The molecule has 21 heavy (non-hydrogen) atoms. The van der Waals surface area contributed by atoms with Gasteiger partial charge in [0.2, 0.25) is 5.91 Å². The maximum Gasteiger partial charge on any atom is 0.220 e. The molecule has 0 aliphatic carbocycles. The number of anilines is 2. The summed E-state index contributed by atoms with van der Waals surface area (Å²) >= 11 is 0. The molecule has 0 spiro atoms. The summed E-state index contributed by atoms with van der Waals surface area (Å²) in [7, 11) is 0. The normalized spacial score (nSPS) is 25.2. The molecule has 2 atom stereocenters. The Hall–Kier alpha value is -1.91. The molecule has 2 fully saturated rings. The summed E-state index contributed by atoms with van der Waals surface area (Å²) in [5.41, 5.74) is 8.03. The van der Waals surface area contributed by atoms with Crippen LogP contribution in [0.2, 0.25) is 0 Å². The van der Waals surface area contributed by atoms with Crippen LogP contribution >= 0.6 is 0 Å². The van der Waals surface area contributed by atoms with Crippen molar-refractivity contribution in [3.05, 3.63) is 18.2 Å². The van der Waals surface area contributed by atoms with Crippen LogP contribution in [0.1, 0.15) is 26.2 Å². The zero-order chi connectivity index (χ0) is 14.8. The molecule has 2 aliphatic rings. The summed E-state index contributed by atoms with van der Waals surface area (Å²) in [6.45, 7) is 4.44. The van der Waals surface area contributed by atoms with Gasteiger partial charge in [0.1, 0.15) is 5.75 Å². The van der Waals surface area contributed by atoms with Crippen LogP contribution in [0.5, 0.6) is 5.75 Å². The van der Waals surface area contributed by atoms with E-state index in [1.54, 1.807) is 0 Å². The van der Waals surface area contributed by atoms with Crippen LogP contribution in [-0.2, 0) is 4.79 Å². The Morgan fingerprint density at radius 2 is 2.29 bits per heavy atom. The lowest BCUT2D eigenvalue weighted by Gasteiger charge is -2.42. The predicted octanol–water partition coefficient (Wildman–Crippen LogP) is 1.77. The first-order chi connectivity index (χ1) is 10.2. The zero-order valence-corrected chi connectivity index (χ0v) is 12.5. The van der Waals surface area contributed by atoms with Crippen molar-refractivity contribution in [3.8, 4) is 5.75 Å². The van der Waals surface area contributed by atoms with Crippen molar-refractivity contribution in [3.63, 3.8) is 0 Å². The molecular weight excluding hydrogens is 266 g/mol. The lowest BCUT2D eigenvalue weighted by atomic mass is 9.85. The Morgan fingerprint density at radius 1 is 1.43 bits per heavy atom. The molecule has 0 bridgehead atoms. The Bertz CT molecular complexity index is 532. The number of hydrogen-bond donors (Lipinski definition) is 2. The number of benzene rings is 1. The van der Waals surface area contributed by atoms with E-state index in [2.05, 4.69) is 16.3 Å². The van der Waals surface area contributed by atoms with Gasteiger partial charge in [0.05, 0.1) is 18.0 Å². The molecule has 1 aromatic rings. The summed E-state index contributed by atoms with van der Waals surface area (Å²) in [6.07, 6.45) is 2.59. The van der Waals surface area contributed by atoms with Gasteiger partial charge in [-0.2, -0.15) is 0 Å². The SMILES string of the molecule is CCOc1cccc(N2CCC3NC(=O)CCC3C2)c1N. The molecule has 0 radical (unpaired) electrons. The average Bonchev–Trinajstić information content (AvgIpc) is 2.49. The van der Waals surface area contributed by atoms with Crippen molar-refractivity contribution in [1.82, 2.24) is 5.32 Å². The van der Waals surface area contributed by atoms with Gasteiger partial charge in [-0.15, -0.1) is 0 Å². The first-order valence-corrected chi connectivity index (χ1v) is 7.74. The monoisotopic (exact) mass is 289 g/mol. The van der Waals surface area contributed by atoms with Crippen molar-refractivity contribution < 1.29 is 9.53 Å². The Labute approximate surface area is 125 Å². The first kappa shape index (κ1) is 14.0. The third kappa shape index (κ3) is 2.77. The molecule has 2 heterocycles. The number of nitrogens with zero attached hydrogens (tertiary/aromatic N) is 1. The van der Waals surface area contributed by atoms with Gasteiger partial charge in [-0.3, -0.25) is 4.79 Å². The van der Waals surface area contributed by atoms with Crippen LogP contribution in [0, 0.1) is 5.92 Å². The Kier molecular flexibility index (Phi) is 3.90. The number of hydrogen-bond acceptors (Lipinski definition) is 4. The topological polar surface area (TPSA) is 67.6 Å². The number of para-hydroxylation sites is 1. The number of fused-ring (bicyclic) bond motifs is 1. The molecule has 2 saturated heterocycles. The van der Waals surface area contributed by atoms with E-state index in [0.717, 1.165) is 43.1 Å². The number of carbonyl (C=O) groups is 1. The highest BCUT2D eigenvalue weighted by Crippen LogP contribution is 2.36. The van der Waals surface area contributed by atoms with Crippen LogP contribution in [0.25, 0.3) is 0 Å². The van der Waals surface area contributed by atoms with Crippen LogP contribution in [0.4, 0.5) is 11.4 Å². The number of nitrogens with two attached hydrogens (primary N) is 1. The van der Waals surface area contributed by atoms with Crippen LogP contribution < -0.4 is 20.7 Å². The fourth-order valence-electron chi connectivity index (χ4n) is 3.42. The van der Waals surface area contributed by atoms with Crippen molar-refractivity contribution in [2.75, 3.05) is 30.3 Å². The molecule has 3 rings (SSSR count). The van der Waals surface area contributed by atoms with Gasteiger partial charge < -0.3 is 20.7 Å². The zero-order valence-electron chi connectivity index (χ0n) is 12.5. The maximum atomic E-state index is 11.5. The average molecular weight is 289 g/mol. The molecule has 2 aliphatic heterocycles. The molecule has 5 heteroatoms. The third-order valence-electron chi connectivity index (χ3n) is 4.51. The molecule has 0 saturated carbocycles. The number of ether oxygens (including phenoxy) is 1. The van der Waals surface area contributed by atoms with Gasteiger partial charge in [-0.05, 0) is 37.8 Å². The van der Waals surface area contributed by atoms with E-state index in [-0.39, 0.29) is 5.91 Å². The first-order valence-electron chi connectivity index (χ1n) is 7.74. The fourth-order valence-corrected chi connectivity index (χ4v) is 3.42. The summed E-state index contributed by atoms with van der Waals surface area (Å²) < 4.78 is 5.58. The van der Waals surface area contributed by atoms with Gasteiger partial charge in [0, 0.05) is 25.6 Å². The van der Waals surface area contributed by atoms with E-state index in [1.807, 2.05) is 19.1 Å². The molecule has 5 nitrogen and oxygen atoms in total. The molecule has 1 aromatic carbocycles. The summed E-state index contributed by atoms with van der Waals surface area (Å²) in [4.78, 5) is 13.8. The van der Waals surface area contributed by atoms with Crippen LogP contribution in [-0.4, -0.2) is 31.6 Å². The highest BCUT2D eigenvalue weighted by Gasteiger charge is 2.34. The number of nitrogen functional groups attached to an aromatic ring is 1. The largest absolute Gasteiger partial charge is 0.492 e. The van der Waals surface area contributed by atoms with E-state index >= 15 is 0 Å². The van der Waals surface area contributed by atoms with E-state index in [9.17, 15) is 4.79 Å². The smallest absolute Gasteiger partial charge is 0.220 e. The highest BCUT2D eigenvalue weighted by molar-refractivity contribution is 5.77. The van der Waals surface area contributed by atoms with Crippen LogP contribution in [0.3, 0.4) is 0 Å². The predicted molar refractivity (Wildman–Crippen MR) is 83.5 cm³/mol. The fraction of sp³-hybridized carbons (Fsp3) is 0.562. The van der Waals surface area contributed by atoms with E-state index in [4.69, 9.17) is 10.5 Å². The number of carbonyl (C=O) groups excluding carboxylic acids is 1. The summed E-state index contributed by atoms with van der Waals surface area (Å²) in [6, 6.07) is 6.29. The lowest BCUT2D eigenvalue weighted by molar-refractivity contribution is -0.124. The second-order valence-electron chi connectivity index (χ2n) is 5.83. The minimum atomic E-state index is 0.197. The number of rotatable bonds is 3. The van der Waals surface area contributed by atoms with Crippen molar-refractivity contribution in [1.29, 1.82) is 0 Å². The number of amides is 1. The van der Waals surface area contributed by atoms with E-state index in [1.165, 1.54) is 0 Å². The van der Waals surface area contributed by atoms with Crippen molar-refractivity contribution >= 4 is 17.3 Å². The third-order valence-corrected chi connectivity index (χ3v) is 4.51. The van der Waals surface area contributed by atoms with E-state index in [0.29, 0.717) is 25.0 Å². The molecule has 2 unspecified atom stereocenters. The van der Waals surface area contributed by atoms with Gasteiger partial charge in [0.15, 0.2) is 0 Å². The molecular formula is C16H23N3O2. The van der Waals surface area contributed by atoms with Crippen molar-refractivity contribution in [2.24, 2.45) is 5.92 Å². The Balaban J connectivity index is 1.76. The Morgan fingerprint density at radius 3 is 3.10 bits per heavy atom. The van der Waals surface area contributed by atoms with E-state index < -0.39 is 0 Å². The maximum absolute atomic E-state index is 11.5. The van der Waals surface area contributed by atoms with Gasteiger partial charge in [-0.25, -0.2) is 0 Å². The molecule has 3 N–H and O–H groups in total. The minimum Gasteiger partial charge on any atom is -0.492 e. The molecule has 1 amide bonds. The summed E-state index contributed by atoms with van der Waals surface area (Å²) in [5.74, 6) is 1.48. The van der Waals surface area contributed by atoms with Gasteiger partial charge in [-0.1, -0.05) is 6.07 Å². The second-order valence-corrected chi connectivity index (χ2v) is 5.83. The van der Waals surface area contributed by atoms with Gasteiger partial charge in [0.25, 0.3) is 0 Å². The minimum absolute atomic E-state index is 0.197. The molecule has 114 valence electrons. The highest BCUT2D eigenvalue weighted by atomic mass is 16.5. The molecule has 0 aromatic heterocycles. The number of nitrogens with one attached hydrogen (secondary N) is 1. The van der Waals surface area contributed by atoms with Crippen LogP contribution in [0.15, 0.2) is 18.2 Å². The number of piperidine rings is 2. The van der Waals surface area contributed by atoms with Crippen molar-refractivity contribution in [2.45, 2.75) is 32.2 Å². The quantitative estimate of drug-likeness (QED) is 0.832.